The van der Waals surface area contributed by atoms with Crippen molar-refractivity contribution in [1.82, 2.24) is 10.3 Å². The zero-order chi connectivity index (χ0) is 17.0. The van der Waals surface area contributed by atoms with Gasteiger partial charge in [0.15, 0.2) is 0 Å². The van der Waals surface area contributed by atoms with Crippen molar-refractivity contribution in [3.63, 3.8) is 0 Å². The van der Waals surface area contributed by atoms with Gasteiger partial charge in [-0.3, -0.25) is 14.6 Å². The molecule has 0 bridgehead atoms. The zero-order valence-electron chi connectivity index (χ0n) is 14.1. The van der Waals surface area contributed by atoms with E-state index in [9.17, 15) is 9.59 Å². The Morgan fingerprint density at radius 2 is 1.96 bits per heavy atom. The lowest BCUT2D eigenvalue weighted by Gasteiger charge is -2.12. The number of rotatable bonds is 5. The molecule has 0 saturated carbocycles. The average Bonchev–Trinajstić information content (AvgIpc) is 2.51. The summed E-state index contributed by atoms with van der Waals surface area (Å²) in [5.41, 5.74) is 2.69. The van der Waals surface area contributed by atoms with Crippen LogP contribution in [0.4, 0.5) is 5.69 Å². The highest BCUT2D eigenvalue weighted by Gasteiger charge is 2.14. The third-order valence-electron chi connectivity index (χ3n) is 3.47. The minimum atomic E-state index is -0.151. The Hall–Kier alpha value is -2.43. The lowest BCUT2D eigenvalue weighted by Crippen LogP contribution is -2.27. The van der Waals surface area contributed by atoms with Gasteiger partial charge in [-0.15, -0.1) is 0 Å². The van der Waals surface area contributed by atoms with Crippen LogP contribution in [0.1, 0.15) is 43.2 Å². The zero-order valence-corrected chi connectivity index (χ0v) is 14.1. The summed E-state index contributed by atoms with van der Waals surface area (Å²) in [5.74, 6) is 0.126. The Labute approximate surface area is 136 Å². The van der Waals surface area contributed by atoms with Crippen LogP contribution in [0, 0.1) is 12.8 Å². The van der Waals surface area contributed by atoms with Gasteiger partial charge in [0.2, 0.25) is 5.91 Å². The number of carbonyl (C=O) groups excluding carboxylic acids is 2. The number of pyridine rings is 1. The third-order valence-corrected chi connectivity index (χ3v) is 3.47. The van der Waals surface area contributed by atoms with Crippen LogP contribution in [0.25, 0.3) is 10.9 Å². The van der Waals surface area contributed by atoms with Crippen LogP contribution in [-0.2, 0) is 4.79 Å². The van der Waals surface area contributed by atoms with Crippen molar-refractivity contribution in [3.05, 3.63) is 35.5 Å². The van der Waals surface area contributed by atoms with Crippen molar-refractivity contribution in [1.29, 1.82) is 0 Å². The summed E-state index contributed by atoms with van der Waals surface area (Å²) in [6, 6.07) is 7.29. The highest BCUT2D eigenvalue weighted by atomic mass is 16.2. The topological polar surface area (TPSA) is 71.1 Å². The van der Waals surface area contributed by atoms with E-state index in [0.29, 0.717) is 35.7 Å². The third kappa shape index (κ3) is 4.28. The van der Waals surface area contributed by atoms with Gasteiger partial charge in [-0.05, 0) is 31.0 Å². The molecule has 0 aliphatic rings. The smallest absolute Gasteiger partial charge is 0.252 e. The molecule has 1 heterocycles. The molecule has 5 heteroatoms. The Kier molecular flexibility index (Phi) is 5.32. The predicted molar refractivity (Wildman–Crippen MR) is 92.6 cm³/mol. The summed E-state index contributed by atoms with van der Waals surface area (Å²) in [6.45, 7) is 8.37. The molecule has 23 heavy (non-hydrogen) atoms. The normalized spacial score (nSPS) is 10.8. The SMILES string of the molecule is CCC(=O)Nc1cc(C(=O)NCC(C)C)c2ccc(C)nc2c1. The summed E-state index contributed by atoms with van der Waals surface area (Å²) >= 11 is 0. The van der Waals surface area contributed by atoms with Gasteiger partial charge in [-0.25, -0.2) is 0 Å². The fraction of sp³-hybridized carbons (Fsp3) is 0.389. The van der Waals surface area contributed by atoms with E-state index in [0.717, 1.165) is 11.1 Å². The molecule has 1 aromatic heterocycles. The van der Waals surface area contributed by atoms with Gasteiger partial charge in [0, 0.05) is 29.7 Å². The molecular weight excluding hydrogens is 290 g/mol. The molecular formula is C18H23N3O2. The number of hydrogen-bond donors (Lipinski definition) is 2. The predicted octanol–water partition coefficient (Wildman–Crippen LogP) is 3.28. The van der Waals surface area contributed by atoms with Crippen LogP contribution in [-0.4, -0.2) is 23.3 Å². The van der Waals surface area contributed by atoms with E-state index in [2.05, 4.69) is 15.6 Å². The number of benzene rings is 1. The van der Waals surface area contributed by atoms with Crippen molar-refractivity contribution in [3.8, 4) is 0 Å². The molecule has 0 aliphatic heterocycles. The van der Waals surface area contributed by atoms with Crippen LogP contribution in [0.5, 0.6) is 0 Å². The van der Waals surface area contributed by atoms with Crippen LogP contribution >= 0.6 is 0 Å². The van der Waals surface area contributed by atoms with Gasteiger partial charge >= 0.3 is 0 Å². The number of carbonyl (C=O) groups is 2. The first-order valence-electron chi connectivity index (χ1n) is 7.90. The van der Waals surface area contributed by atoms with E-state index >= 15 is 0 Å². The molecule has 0 atom stereocenters. The summed E-state index contributed by atoms with van der Waals surface area (Å²) in [7, 11) is 0. The molecule has 0 spiro atoms. The number of anilines is 1. The van der Waals surface area contributed by atoms with Gasteiger partial charge in [-0.2, -0.15) is 0 Å². The molecule has 0 radical (unpaired) electrons. The van der Waals surface area contributed by atoms with E-state index in [-0.39, 0.29) is 11.8 Å². The lowest BCUT2D eigenvalue weighted by atomic mass is 10.1. The molecule has 2 amide bonds. The first-order chi connectivity index (χ1) is 10.9. The number of hydrogen-bond acceptors (Lipinski definition) is 3. The van der Waals surface area contributed by atoms with E-state index in [1.165, 1.54) is 0 Å². The van der Waals surface area contributed by atoms with Gasteiger partial charge in [0.1, 0.15) is 0 Å². The number of nitrogens with one attached hydrogen (secondary N) is 2. The molecule has 0 aliphatic carbocycles. The van der Waals surface area contributed by atoms with Crippen molar-refractivity contribution in [2.45, 2.75) is 34.1 Å². The quantitative estimate of drug-likeness (QED) is 0.890. The first-order valence-corrected chi connectivity index (χ1v) is 7.90. The van der Waals surface area contributed by atoms with Crippen LogP contribution in [0.3, 0.4) is 0 Å². The molecule has 2 rings (SSSR count). The van der Waals surface area contributed by atoms with E-state index in [1.807, 2.05) is 32.9 Å². The minimum Gasteiger partial charge on any atom is -0.352 e. The first kappa shape index (κ1) is 16.9. The minimum absolute atomic E-state index is 0.0921. The van der Waals surface area contributed by atoms with Crippen LogP contribution in [0.15, 0.2) is 24.3 Å². The number of aryl methyl sites for hydroxylation is 1. The Morgan fingerprint density at radius 1 is 1.22 bits per heavy atom. The fourth-order valence-electron chi connectivity index (χ4n) is 2.24. The lowest BCUT2D eigenvalue weighted by molar-refractivity contribution is -0.115. The van der Waals surface area contributed by atoms with Gasteiger partial charge in [-0.1, -0.05) is 26.8 Å². The van der Waals surface area contributed by atoms with E-state index in [1.54, 1.807) is 19.1 Å². The number of nitrogens with zero attached hydrogens (tertiary/aromatic N) is 1. The molecule has 0 fully saturated rings. The standard InChI is InChI=1S/C18H23N3O2/c1-5-17(22)21-13-8-15(18(23)19-10-11(2)3)14-7-6-12(4)20-16(14)9-13/h6-9,11H,5,10H2,1-4H3,(H,19,23)(H,21,22). The molecule has 0 saturated heterocycles. The maximum absolute atomic E-state index is 12.5. The molecule has 5 nitrogen and oxygen atoms in total. The molecule has 2 N–H and O–H groups in total. The van der Waals surface area contributed by atoms with Crippen molar-refractivity contribution >= 4 is 28.4 Å². The van der Waals surface area contributed by atoms with Crippen molar-refractivity contribution < 1.29 is 9.59 Å². The summed E-state index contributed by atoms with van der Waals surface area (Å²) < 4.78 is 0. The highest BCUT2D eigenvalue weighted by molar-refractivity contribution is 6.08. The number of fused-ring (bicyclic) bond motifs is 1. The Morgan fingerprint density at radius 3 is 2.61 bits per heavy atom. The van der Waals surface area contributed by atoms with Crippen molar-refractivity contribution in [2.75, 3.05) is 11.9 Å². The maximum atomic E-state index is 12.5. The fourth-order valence-corrected chi connectivity index (χ4v) is 2.24. The summed E-state index contributed by atoms with van der Waals surface area (Å²) in [5, 5.41) is 6.51. The Bertz CT molecular complexity index is 738. The molecule has 0 unspecified atom stereocenters. The van der Waals surface area contributed by atoms with E-state index < -0.39 is 0 Å². The second-order valence-electron chi connectivity index (χ2n) is 6.05. The van der Waals surface area contributed by atoms with Crippen LogP contribution in [0.2, 0.25) is 0 Å². The van der Waals surface area contributed by atoms with Crippen LogP contribution < -0.4 is 10.6 Å². The number of amides is 2. The molecule has 2 aromatic rings. The van der Waals surface area contributed by atoms with Gasteiger partial charge in [0.25, 0.3) is 5.91 Å². The van der Waals surface area contributed by atoms with Crippen molar-refractivity contribution in [2.24, 2.45) is 5.92 Å². The second-order valence-corrected chi connectivity index (χ2v) is 6.05. The Balaban J connectivity index is 2.46. The highest BCUT2D eigenvalue weighted by Crippen LogP contribution is 2.23. The molecule has 1 aromatic carbocycles. The van der Waals surface area contributed by atoms with Gasteiger partial charge < -0.3 is 10.6 Å². The monoisotopic (exact) mass is 313 g/mol. The molecule has 122 valence electrons. The summed E-state index contributed by atoms with van der Waals surface area (Å²) in [4.78, 5) is 28.6. The van der Waals surface area contributed by atoms with Gasteiger partial charge in [0.05, 0.1) is 11.1 Å². The van der Waals surface area contributed by atoms with E-state index in [4.69, 9.17) is 0 Å². The number of aromatic nitrogens is 1. The average molecular weight is 313 g/mol. The maximum Gasteiger partial charge on any atom is 0.252 e. The summed E-state index contributed by atoms with van der Waals surface area (Å²) in [6.07, 6.45) is 0.383. The largest absolute Gasteiger partial charge is 0.352 e. The second kappa shape index (κ2) is 7.22.